The molecular weight excluding hydrogens is 533 g/mol. The van der Waals surface area contributed by atoms with Crippen LogP contribution in [0.15, 0.2) is 65.6 Å². The van der Waals surface area contributed by atoms with Gasteiger partial charge >= 0.3 is 16.2 Å². The van der Waals surface area contributed by atoms with Gasteiger partial charge in [-0.15, -0.1) is 0 Å². The lowest BCUT2D eigenvalue weighted by Crippen LogP contribution is -2.50. The molecule has 0 aliphatic carbocycles. The fraction of sp³-hybridized carbons (Fsp3) is 0.308. The largest absolute Gasteiger partial charge is 0.487 e. The summed E-state index contributed by atoms with van der Waals surface area (Å²) in [6.45, 7) is 6.38. The number of hydrogen-bond donors (Lipinski definition) is 2. The average Bonchev–Trinajstić information content (AvgIpc) is 2.78. The average molecular weight is 562 g/mol. The lowest BCUT2D eigenvalue weighted by atomic mass is 10.0. The first-order valence-corrected chi connectivity index (χ1v) is 13.4. The number of carbonyl (C=O) groups excluding carboxylic acids is 1. The number of amides is 1. The molecule has 0 aliphatic rings. The van der Waals surface area contributed by atoms with Crippen LogP contribution in [0.1, 0.15) is 43.6 Å². The highest BCUT2D eigenvalue weighted by Gasteiger charge is 2.65. The molecule has 3 aromatic rings. The number of rotatable bonds is 9. The van der Waals surface area contributed by atoms with E-state index >= 15 is 0 Å². The number of ether oxygens (including phenoxy) is 2. The molecular formula is C26H28F5NO5S. The second-order valence-electron chi connectivity index (χ2n) is 9.79. The number of benzene rings is 3. The molecule has 0 saturated heterocycles. The van der Waals surface area contributed by atoms with Gasteiger partial charge in [-0.25, -0.2) is 4.79 Å². The van der Waals surface area contributed by atoms with Crippen molar-refractivity contribution < 1.29 is 43.6 Å². The van der Waals surface area contributed by atoms with E-state index in [2.05, 4.69) is 5.32 Å². The third-order valence-electron chi connectivity index (χ3n) is 5.44. The highest BCUT2D eigenvalue weighted by atomic mass is 32.5. The zero-order valence-electron chi connectivity index (χ0n) is 21.0. The number of aliphatic carboxylic acids is 1. The van der Waals surface area contributed by atoms with Crippen LogP contribution in [0.2, 0.25) is 0 Å². The number of carboxylic acids is 1. The first-order chi connectivity index (χ1) is 17.2. The summed E-state index contributed by atoms with van der Waals surface area (Å²) in [6, 6.07) is 10.8. The topological polar surface area (TPSA) is 84.9 Å². The molecule has 0 aliphatic heterocycles. The Kier molecular flexibility index (Phi) is 7.23. The van der Waals surface area contributed by atoms with Crippen LogP contribution in [0.25, 0.3) is 10.8 Å². The second kappa shape index (κ2) is 9.42. The van der Waals surface area contributed by atoms with Gasteiger partial charge in [0, 0.05) is 5.39 Å². The maximum Gasteiger partial charge on any atom is 0.328 e. The van der Waals surface area contributed by atoms with Crippen molar-refractivity contribution in [3.05, 3.63) is 71.8 Å². The van der Waals surface area contributed by atoms with Crippen LogP contribution >= 0.6 is 10.2 Å². The fourth-order valence-electron chi connectivity index (χ4n) is 3.80. The highest BCUT2D eigenvalue weighted by Crippen LogP contribution is 3.02. The molecule has 0 spiro atoms. The number of hydrogen-bond acceptors (Lipinski definition) is 4. The smallest absolute Gasteiger partial charge is 0.328 e. The maximum atomic E-state index is 13.2. The van der Waals surface area contributed by atoms with E-state index in [0.717, 1.165) is 12.1 Å². The van der Waals surface area contributed by atoms with E-state index in [9.17, 15) is 34.1 Å². The van der Waals surface area contributed by atoms with Gasteiger partial charge in [-0.1, -0.05) is 61.9 Å². The van der Waals surface area contributed by atoms with Gasteiger partial charge < -0.3 is 19.9 Å². The predicted octanol–water partition coefficient (Wildman–Crippen LogP) is 7.46. The second-order valence-corrected chi connectivity index (χ2v) is 12.2. The zero-order chi connectivity index (χ0) is 28.6. The Morgan fingerprint density at radius 2 is 1.55 bits per heavy atom. The van der Waals surface area contributed by atoms with Gasteiger partial charge in [0.2, 0.25) is 0 Å². The minimum atomic E-state index is -9.82. The molecule has 6 nitrogen and oxygen atoms in total. The molecule has 208 valence electrons. The number of nitrogens with one attached hydrogen (secondary N) is 1. The van der Waals surface area contributed by atoms with Crippen molar-refractivity contribution in [3.8, 4) is 5.75 Å². The van der Waals surface area contributed by atoms with Crippen LogP contribution in [-0.2, 0) is 16.1 Å². The molecule has 0 aromatic heterocycles. The summed E-state index contributed by atoms with van der Waals surface area (Å²) >= 11 is 0. The summed E-state index contributed by atoms with van der Waals surface area (Å²) in [7, 11) is -9.82. The standard InChI is InChI=1S/C26H28F5NO5S/c1-16(37-26(2,3)4)22(25(34)35)32-24(33)21-14-11-18-7-5-6-8-20(18)23(21)36-15-17-9-12-19(13-10-17)38(27,28,29,30)31/h5-14,16,22H,15H2,1-4H3,(H,32,33)(H,34,35)/t16?,22-/m0/s1. The van der Waals surface area contributed by atoms with E-state index in [4.69, 9.17) is 9.47 Å². The summed E-state index contributed by atoms with van der Waals surface area (Å²) in [5.41, 5.74) is -0.561. The Balaban J connectivity index is 1.92. The van der Waals surface area contributed by atoms with Crippen LogP contribution in [-0.4, -0.2) is 34.7 Å². The van der Waals surface area contributed by atoms with Crippen molar-refractivity contribution in [2.24, 2.45) is 0 Å². The van der Waals surface area contributed by atoms with Gasteiger partial charge in [0.1, 0.15) is 17.3 Å². The number of halogens is 5. The Labute approximate surface area is 216 Å². The van der Waals surface area contributed by atoms with Crippen molar-refractivity contribution in [3.63, 3.8) is 0 Å². The van der Waals surface area contributed by atoms with Gasteiger partial charge in [0.05, 0.1) is 17.3 Å². The Hall–Kier alpha value is -3.38. The van der Waals surface area contributed by atoms with E-state index in [1.165, 1.54) is 13.0 Å². The summed E-state index contributed by atoms with van der Waals surface area (Å²) in [4.78, 5) is 23.1. The molecule has 0 saturated carbocycles. The van der Waals surface area contributed by atoms with Crippen molar-refractivity contribution >= 4 is 32.9 Å². The van der Waals surface area contributed by atoms with Crippen LogP contribution in [0.3, 0.4) is 0 Å². The van der Waals surface area contributed by atoms with E-state index < -0.39 is 44.7 Å². The number of fused-ring (bicyclic) bond motifs is 1. The van der Waals surface area contributed by atoms with Gasteiger partial charge in [-0.3, -0.25) is 4.79 Å². The SMILES string of the molecule is CC(OC(C)(C)C)[C@H](NC(=O)c1ccc2ccccc2c1OCc1ccc(S(F)(F)(F)(F)F)cc1)C(=O)O. The predicted molar refractivity (Wildman–Crippen MR) is 135 cm³/mol. The molecule has 1 amide bonds. The van der Waals surface area contributed by atoms with Crippen LogP contribution in [0, 0.1) is 0 Å². The van der Waals surface area contributed by atoms with Crippen LogP contribution < -0.4 is 10.1 Å². The lowest BCUT2D eigenvalue weighted by molar-refractivity contribution is -0.146. The molecule has 2 atom stereocenters. The number of carboxylic acid groups (broad SMARTS) is 1. The third kappa shape index (κ3) is 7.35. The van der Waals surface area contributed by atoms with Gasteiger partial charge in [-0.05, 0) is 56.8 Å². The summed E-state index contributed by atoms with van der Waals surface area (Å²) in [5, 5.41) is 13.3. The molecule has 12 heteroatoms. The van der Waals surface area contributed by atoms with E-state index in [0.29, 0.717) is 10.8 Å². The normalized spacial score (nSPS) is 15.7. The van der Waals surface area contributed by atoms with Crippen molar-refractivity contribution in [1.29, 1.82) is 0 Å². The molecule has 0 radical (unpaired) electrons. The summed E-state index contributed by atoms with van der Waals surface area (Å²) in [6.07, 6.45) is -0.894. The molecule has 3 rings (SSSR count). The highest BCUT2D eigenvalue weighted by molar-refractivity contribution is 8.45. The maximum absolute atomic E-state index is 13.2. The fourth-order valence-corrected chi connectivity index (χ4v) is 4.45. The molecule has 0 bridgehead atoms. The van der Waals surface area contributed by atoms with Crippen LogP contribution in [0.5, 0.6) is 5.75 Å². The lowest BCUT2D eigenvalue weighted by Gasteiger charge is -2.40. The Bertz CT molecular complexity index is 1360. The first-order valence-electron chi connectivity index (χ1n) is 11.4. The van der Waals surface area contributed by atoms with Crippen LogP contribution in [0.4, 0.5) is 19.4 Å². The first kappa shape index (κ1) is 29.2. The van der Waals surface area contributed by atoms with Crippen molar-refractivity contribution in [1.82, 2.24) is 5.32 Å². The minimum Gasteiger partial charge on any atom is -0.487 e. The third-order valence-corrected chi connectivity index (χ3v) is 6.60. The van der Waals surface area contributed by atoms with Gasteiger partial charge in [-0.2, -0.15) is 0 Å². The van der Waals surface area contributed by atoms with Gasteiger partial charge in [0.15, 0.2) is 6.04 Å². The molecule has 0 fully saturated rings. The Morgan fingerprint density at radius 1 is 0.947 bits per heavy atom. The molecule has 2 N–H and O–H groups in total. The zero-order valence-corrected chi connectivity index (χ0v) is 21.8. The van der Waals surface area contributed by atoms with E-state index in [1.807, 2.05) is 0 Å². The van der Waals surface area contributed by atoms with Crippen molar-refractivity contribution in [2.75, 3.05) is 0 Å². The summed E-state index contributed by atoms with van der Waals surface area (Å²) in [5.74, 6) is -2.05. The quantitative estimate of drug-likeness (QED) is 0.265. The Morgan fingerprint density at radius 3 is 2.11 bits per heavy atom. The monoisotopic (exact) mass is 561 g/mol. The minimum absolute atomic E-state index is 0.0264. The molecule has 3 aromatic carbocycles. The van der Waals surface area contributed by atoms with E-state index in [-0.39, 0.29) is 35.6 Å². The molecule has 38 heavy (non-hydrogen) atoms. The van der Waals surface area contributed by atoms with E-state index in [1.54, 1.807) is 51.1 Å². The molecule has 1 unspecified atom stereocenters. The number of carbonyl (C=O) groups is 2. The summed E-state index contributed by atoms with van der Waals surface area (Å²) < 4.78 is 76.7. The van der Waals surface area contributed by atoms with Crippen molar-refractivity contribution in [2.45, 2.75) is 56.9 Å². The van der Waals surface area contributed by atoms with Gasteiger partial charge in [0.25, 0.3) is 5.91 Å². The molecule has 0 heterocycles.